The van der Waals surface area contributed by atoms with Gasteiger partial charge in [-0.1, -0.05) is 19.9 Å². The van der Waals surface area contributed by atoms with Crippen molar-refractivity contribution in [2.75, 3.05) is 31.1 Å². The van der Waals surface area contributed by atoms with Crippen LogP contribution in [0.5, 0.6) is 0 Å². The third-order valence-corrected chi connectivity index (χ3v) is 6.80. The first-order valence-electron chi connectivity index (χ1n) is 12.1. The number of nitrogens with one attached hydrogen (secondary N) is 2. The van der Waals surface area contributed by atoms with Crippen LogP contribution in [0.4, 0.5) is 5.82 Å². The Morgan fingerprint density at radius 1 is 0.912 bits per heavy atom. The number of imidazole rings is 1. The van der Waals surface area contributed by atoms with Crippen molar-refractivity contribution in [1.82, 2.24) is 24.7 Å². The number of benzene rings is 1. The van der Waals surface area contributed by atoms with Crippen LogP contribution in [0.1, 0.15) is 31.0 Å². The molecule has 5 heterocycles. The van der Waals surface area contributed by atoms with Gasteiger partial charge in [-0.05, 0) is 60.4 Å². The van der Waals surface area contributed by atoms with E-state index in [2.05, 4.69) is 93.3 Å². The summed E-state index contributed by atoms with van der Waals surface area (Å²) in [6, 6.07) is 15.3. The number of aromatic nitrogens is 4. The highest BCUT2D eigenvalue weighted by molar-refractivity contribution is 5.94. The standard InChI is InChI=1S/C28H30N6/c1-18(2)27-23-14-20(21-5-8-25(30-15-21)33-12-10-29-11-13-33)4-7-24(23)32-28(27)22-6-9-26-31-19(3)16-34(26)17-22/h4-9,14-18,29,32H,10-13H2,1-3H3. The molecule has 34 heavy (non-hydrogen) atoms. The normalized spacial score (nSPS) is 14.5. The van der Waals surface area contributed by atoms with Gasteiger partial charge in [0.15, 0.2) is 0 Å². The fourth-order valence-electron chi connectivity index (χ4n) is 5.12. The molecular weight excluding hydrogens is 420 g/mol. The summed E-state index contributed by atoms with van der Waals surface area (Å²) >= 11 is 0. The molecule has 1 aliphatic heterocycles. The molecule has 0 saturated carbocycles. The minimum atomic E-state index is 0.382. The fourth-order valence-corrected chi connectivity index (χ4v) is 5.12. The van der Waals surface area contributed by atoms with E-state index in [1.807, 2.05) is 13.1 Å². The van der Waals surface area contributed by atoms with Crippen LogP contribution in [0, 0.1) is 6.92 Å². The second kappa shape index (κ2) is 8.29. The van der Waals surface area contributed by atoms with Crippen LogP contribution in [-0.2, 0) is 0 Å². The number of aryl methyl sites for hydroxylation is 1. The summed E-state index contributed by atoms with van der Waals surface area (Å²) < 4.78 is 2.11. The van der Waals surface area contributed by atoms with Crippen molar-refractivity contribution in [2.24, 2.45) is 0 Å². The van der Waals surface area contributed by atoms with Crippen LogP contribution in [-0.4, -0.2) is 45.5 Å². The quantitative estimate of drug-likeness (QED) is 0.386. The molecule has 6 nitrogen and oxygen atoms in total. The summed E-state index contributed by atoms with van der Waals surface area (Å²) in [5.41, 5.74) is 9.21. The van der Waals surface area contributed by atoms with Gasteiger partial charge in [0.05, 0.1) is 11.4 Å². The molecule has 5 aromatic rings. The molecular formula is C28H30N6. The van der Waals surface area contributed by atoms with E-state index in [9.17, 15) is 0 Å². The number of anilines is 1. The van der Waals surface area contributed by atoms with E-state index in [0.29, 0.717) is 5.92 Å². The SMILES string of the molecule is Cc1cn2cc(-c3[nH]c4ccc(-c5ccc(N6CCNCC6)nc5)cc4c3C(C)C)ccc2n1. The minimum Gasteiger partial charge on any atom is -0.354 e. The highest BCUT2D eigenvalue weighted by Crippen LogP contribution is 2.37. The number of piperazine rings is 1. The molecule has 1 fully saturated rings. The van der Waals surface area contributed by atoms with Gasteiger partial charge < -0.3 is 19.6 Å². The lowest BCUT2D eigenvalue weighted by Gasteiger charge is -2.28. The highest BCUT2D eigenvalue weighted by atomic mass is 15.2. The Labute approximate surface area is 199 Å². The van der Waals surface area contributed by atoms with Crippen molar-refractivity contribution in [1.29, 1.82) is 0 Å². The second-order valence-electron chi connectivity index (χ2n) is 9.54. The third kappa shape index (κ3) is 3.64. The molecule has 0 radical (unpaired) electrons. The van der Waals surface area contributed by atoms with E-state index in [4.69, 9.17) is 4.98 Å². The van der Waals surface area contributed by atoms with Crippen LogP contribution in [0.2, 0.25) is 0 Å². The van der Waals surface area contributed by atoms with Crippen LogP contribution in [0.15, 0.2) is 61.1 Å². The molecule has 1 saturated heterocycles. The first kappa shape index (κ1) is 20.9. The lowest BCUT2D eigenvalue weighted by atomic mass is 9.95. The first-order chi connectivity index (χ1) is 16.6. The zero-order valence-corrected chi connectivity index (χ0v) is 20.0. The van der Waals surface area contributed by atoms with Gasteiger partial charge in [0.25, 0.3) is 0 Å². The molecule has 6 rings (SSSR count). The number of pyridine rings is 2. The summed E-state index contributed by atoms with van der Waals surface area (Å²) in [7, 11) is 0. The second-order valence-corrected chi connectivity index (χ2v) is 9.54. The van der Waals surface area contributed by atoms with E-state index >= 15 is 0 Å². The van der Waals surface area contributed by atoms with Gasteiger partial charge in [0.2, 0.25) is 0 Å². The molecule has 1 aliphatic rings. The number of aromatic amines is 1. The van der Waals surface area contributed by atoms with E-state index in [0.717, 1.165) is 54.4 Å². The molecule has 172 valence electrons. The summed E-state index contributed by atoms with van der Waals surface area (Å²) in [6.07, 6.45) is 6.26. The van der Waals surface area contributed by atoms with Crippen molar-refractivity contribution in [3.05, 3.63) is 72.3 Å². The van der Waals surface area contributed by atoms with Crippen molar-refractivity contribution in [3.63, 3.8) is 0 Å². The van der Waals surface area contributed by atoms with Gasteiger partial charge in [-0.25, -0.2) is 9.97 Å². The first-order valence-corrected chi connectivity index (χ1v) is 12.1. The van der Waals surface area contributed by atoms with Crippen LogP contribution < -0.4 is 10.2 Å². The molecule has 0 bridgehead atoms. The summed E-state index contributed by atoms with van der Waals surface area (Å²) in [5.74, 6) is 1.44. The Morgan fingerprint density at radius 2 is 1.71 bits per heavy atom. The van der Waals surface area contributed by atoms with Gasteiger partial charge >= 0.3 is 0 Å². The summed E-state index contributed by atoms with van der Waals surface area (Å²) in [5, 5.41) is 4.67. The number of hydrogen-bond acceptors (Lipinski definition) is 4. The third-order valence-electron chi connectivity index (χ3n) is 6.80. The summed E-state index contributed by atoms with van der Waals surface area (Å²) in [4.78, 5) is 15.4. The van der Waals surface area contributed by atoms with Crippen molar-refractivity contribution in [3.8, 4) is 22.4 Å². The smallest absolute Gasteiger partial charge is 0.136 e. The molecule has 0 unspecified atom stereocenters. The molecule has 2 N–H and O–H groups in total. The molecule has 1 aromatic carbocycles. The zero-order chi connectivity index (χ0) is 23.2. The zero-order valence-electron chi connectivity index (χ0n) is 20.0. The maximum atomic E-state index is 4.78. The Kier molecular flexibility index (Phi) is 5.11. The highest BCUT2D eigenvalue weighted by Gasteiger charge is 2.18. The molecule has 0 spiro atoms. The van der Waals surface area contributed by atoms with Gasteiger partial charge in [0, 0.05) is 66.8 Å². The van der Waals surface area contributed by atoms with Crippen LogP contribution in [0.25, 0.3) is 38.9 Å². The Morgan fingerprint density at radius 3 is 2.47 bits per heavy atom. The Balaban J connectivity index is 1.40. The van der Waals surface area contributed by atoms with Crippen molar-refractivity contribution in [2.45, 2.75) is 26.7 Å². The number of nitrogens with zero attached hydrogens (tertiary/aromatic N) is 4. The molecule has 6 heteroatoms. The number of H-pyrrole nitrogens is 1. The lowest BCUT2D eigenvalue weighted by molar-refractivity contribution is 0.585. The Bertz CT molecular complexity index is 1470. The van der Waals surface area contributed by atoms with Gasteiger partial charge in [-0.15, -0.1) is 0 Å². The topological polar surface area (TPSA) is 61.2 Å². The largest absolute Gasteiger partial charge is 0.354 e. The number of hydrogen-bond donors (Lipinski definition) is 2. The molecule has 0 aliphatic carbocycles. The summed E-state index contributed by atoms with van der Waals surface area (Å²) in [6.45, 7) is 10.6. The molecule has 0 amide bonds. The van der Waals surface area contributed by atoms with E-state index < -0.39 is 0 Å². The predicted octanol–water partition coefficient (Wildman–Crippen LogP) is 5.39. The molecule has 0 atom stereocenters. The average molecular weight is 451 g/mol. The van der Waals surface area contributed by atoms with Crippen LogP contribution >= 0.6 is 0 Å². The minimum absolute atomic E-state index is 0.382. The lowest BCUT2D eigenvalue weighted by Crippen LogP contribution is -2.43. The van der Waals surface area contributed by atoms with E-state index in [1.54, 1.807) is 0 Å². The predicted molar refractivity (Wildman–Crippen MR) is 140 cm³/mol. The Hall–Kier alpha value is -3.64. The maximum absolute atomic E-state index is 4.78. The fraction of sp³-hybridized carbons (Fsp3) is 0.286. The van der Waals surface area contributed by atoms with Gasteiger partial charge in [-0.3, -0.25) is 0 Å². The van der Waals surface area contributed by atoms with Gasteiger partial charge in [0.1, 0.15) is 11.5 Å². The van der Waals surface area contributed by atoms with E-state index in [1.165, 1.54) is 27.8 Å². The van der Waals surface area contributed by atoms with Crippen molar-refractivity contribution < 1.29 is 0 Å². The monoisotopic (exact) mass is 450 g/mol. The van der Waals surface area contributed by atoms with E-state index in [-0.39, 0.29) is 0 Å². The molecule has 4 aromatic heterocycles. The average Bonchev–Trinajstić information content (AvgIpc) is 3.43. The maximum Gasteiger partial charge on any atom is 0.136 e. The van der Waals surface area contributed by atoms with Crippen molar-refractivity contribution >= 4 is 22.4 Å². The van der Waals surface area contributed by atoms with Crippen LogP contribution in [0.3, 0.4) is 0 Å². The van der Waals surface area contributed by atoms with Gasteiger partial charge in [-0.2, -0.15) is 0 Å². The number of fused-ring (bicyclic) bond motifs is 2. The number of rotatable bonds is 4.